The Balaban J connectivity index is 1.68. The van der Waals surface area contributed by atoms with Crippen LogP contribution in [0.2, 0.25) is 0 Å². The van der Waals surface area contributed by atoms with Crippen molar-refractivity contribution < 1.29 is 57.5 Å². The minimum Gasteiger partial charge on any atom is -0.460 e. The summed E-state index contributed by atoms with van der Waals surface area (Å²) < 4.78 is 36.8. The highest BCUT2D eigenvalue weighted by Gasteiger charge is 2.53. The summed E-state index contributed by atoms with van der Waals surface area (Å²) in [4.78, 5) is 72.0. The second-order valence-electron chi connectivity index (χ2n) is 21.3. The largest absolute Gasteiger partial charge is 0.460 e. The number of fused-ring (bicyclic) bond motifs is 3. The highest BCUT2D eigenvalue weighted by Crippen LogP contribution is 2.46. The molecule has 3 fully saturated rings. The van der Waals surface area contributed by atoms with E-state index in [0.717, 1.165) is 24.8 Å². The van der Waals surface area contributed by atoms with E-state index >= 15 is 0 Å². The molecule has 0 radical (unpaired) electrons. The van der Waals surface area contributed by atoms with Crippen LogP contribution in [0.3, 0.4) is 0 Å². The molecule has 2 bridgehead atoms. The van der Waals surface area contributed by atoms with Crippen molar-refractivity contribution in [1.29, 1.82) is 0 Å². The first-order valence-corrected chi connectivity index (χ1v) is 27.5. The van der Waals surface area contributed by atoms with Crippen molar-refractivity contribution >= 4 is 36.6 Å². The van der Waals surface area contributed by atoms with Gasteiger partial charge in [0.1, 0.15) is 23.7 Å². The van der Waals surface area contributed by atoms with Gasteiger partial charge in [-0.1, -0.05) is 84.9 Å². The van der Waals surface area contributed by atoms with Crippen molar-refractivity contribution in [3.63, 3.8) is 0 Å². The number of esters is 1. The van der Waals surface area contributed by atoms with Crippen LogP contribution in [0.15, 0.2) is 47.6 Å². The fourth-order valence-corrected chi connectivity index (χ4v) is 11.7. The number of rotatable bonds is 6. The highest BCUT2D eigenvalue weighted by atomic mass is 31.2. The molecule has 378 valence electrons. The molecule has 0 aromatic heterocycles. The van der Waals surface area contributed by atoms with Gasteiger partial charge in [-0.25, -0.2) is 4.79 Å². The minimum absolute atomic E-state index is 0.0657. The maximum Gasteiger partial charge on any atom is 0.329 e. The minimum atomic E-state index is -2.69. The van der Waals surface area contributed by atoms with E-state index in [4.69, 9.17) is 18.7 Å². The van der Waals surface area contributed by atoms with Crippen LogP contribution in [0.25, 0.3) is 0 Å². The van der Waals surface area contributed by atoms with E-state index in [0.29, 0.717) is 50.5 Å². The number of aliphatic hydroxyl groups excluding tert-OH is 1. The van der Waals surface area contributed by atoms with Gasteiger partial charge in [0.15, 0.2) is 7.37 Å². The Morgan fingerprint density at radius 3 is 2.25 bits per heavy atom. The number of Topliss-reactive ketones (excluding diaryl/α,β-unsaturated/α-hetero) is 3. The number of piperidine rings is 1. The number of nitrogens with zero attached hydrogens (tertiary/aromatic N) is 1. The van der Waals surface area contributed by atoms with Crippen LogP contribution in [-0.4, -0.2) is 114 Å². The van der Waals surface area contributed by atoms with Crippen molar-refractivity contribution in [1.82, 2.24) is 4.90 Å². The molecule has 4 rings (SSSR count). The van der Waals surface area contributed by atoms with Gasteiger partial charge in [0, 0.05) is 63.5 Å². The third kappa shape index (κ3) is 15.7. The fourth-order valence-electron chi connectivity index (χ4n) is 10.7. The molecule has 2 N–H and O–H groups in total. The van der Waals surface area contributed by atoms with Crippen LogP contribution in [0, 0.1) is 47.3 Å². The number of carbonyl (C=O) groups is 5. The molecule has 0 unspecified atom stereocenters. The van der Waals surface area contributed by atoms with Gasteiger partial charge in [0.05, 0.1) is 24.4 Å². The molecular formula is C53H84NO12P. The van der Waals surface area contributed by atoms with Crippen LogP contribution in [0.4, 0.5) is 0 Å². The van der Waals surface area contributed by atoms with E-state index in [-0.39, 0.29) is 66.6 Å². The Kier molecular flexibility index (Phi) is 21.2. The first-order chi connectivity index (χ1) is 31.4. The van der Waals surface area contributed by atoms with Gasteiger partial charge in [0.2, 0.25) is 5.79 Å². The maximum absolute atomic E-state index is 14.4. The quantitative estimate of drug-likeness (QED) is 0.112. The summed E-state index contributed by atoms with van der Waals surface area (Å²) in [5.41, 5.74) is 1.39. The summed E-state index contributed by atoms with van der Waals surface area (Å²) in [6, 6.07) is -1.12. The molecule has 1 amide bonds. The summed E-state index contributed by atoms with van der Waals surface area (Å²) in [5, 5.41) is 23.4. The SMILES string of the molecule is CO[C@H]1C[C@@H]2CC[C@@H](C)[C@@](O)(O2)C(=O)C(=O)N2CCCC[C@H]2C(=O)O[C@H]([C@H](C)C[C@@H]2CC[C@@H](OP(C)(C)=O)[C@H](C)C2)CC(=O)[C@H](C)/C=C(\C)[C@@H](O)[C@@H](C)C(=O)[C@H](C)C[C@H](C)/C=C/C=CC=C1C. The third-order valence-electron chi connectivity index (χ3n) is 15.0. The number of amides is 1. The Hall–Kier alpha value is -3.06. The van der Waals surface area contributed by atoms with E-state index in [9.17, 15) is 38.8 Å². The van der Waals surface area contributed by atoms with Gasteiger partial charge in [-0.3, -0.25) is 23.7 Å². The Bertz CT molecular complexity index is 1900. The summed E-state index contributed by atoms with van der Waals surface area (Å²) in [7, 11) is -1.10. The highest BCUT2D eigenvalue weighted by molar-refractivity contribution is 7.57. The predicted molar refractivity (Wildman–Crippen MR) is 260 cm³/mol. The molecule has 3 heterocycles. The number of aliphatic hydroxyl groups is 2. The topological polar surface area (TPSA) is 183 Å². The van der Waals surface area contributed by atoms with Gasteiger partial charge in [-0.05, 0) is 113 Å². The molecule has 15 atom stereocenters. The maximum atomic E-state index is 14.4. The average Bonchev–Trinajstić information content (AvgIpc) is 3.27. The Morgan fingerprint density at radius 1 is 0.896 bits per heavy atom. The lowest BCUT2D eigenvalue weighted by Crippen LogP contribution is -2.61. The van der Waals surface area contributed by atoms with Crippen molar-refractivity contribution in [2.45, 2.75) is 182 Å². The van der Waals surface area contributed by atoms with Gasteiger partial charge >= 0.3 is 5.97 Å². The number of carbonyl (C=O) groups excluding carboxylic acids is 5. The lowest BCUT2D eigenvalue weighted by atomic mass is 9.75. The zero-order valence-electron chi connectivity index (χ0n) is 42.6. The first-order valence-electron chi connectivity index (χ1n) is 25.0. The number of hydrogen-bond donors (Lipinski definition) is 2. The zero-order chi connectivity index (χ0) is 50.0. The average molecular weight is 958 g/mol. The van der Waals surface area contributed by atoms with Crippen molar-refractivity contribution in [3.05, 3.63) is 47.6 Å². The van der Waals surface area contributed by atoms with Crippen molar-refractivity contribution in [3.8, 4) is 0 Å². The monoisotopic (exact) mass is 958 g/mol. The molecule has 1 aliphatic carbocycles. The standard InChI is InChI=1S/C53H84NO12P/c1-32-18-14-13-15-19-33(2)46(63-10)30-42-23-21-39(8)53(61,65-42)50(58)51(59)54-25-17-16-20-43(54)52(60)64-47(36(5)29-41-22-24-45(35(4)28-41)66-67(11,12)62)31-44(55)34(3)27-38(7)49(57)40(9)48(56)37(6)26-32/h13-15,18-19,27,32,34-37,39-43,45-47,49,57,61H,16-17,20-26,28-31H2,1-12H3/b15-13?,18-14+,33-19?,38-27+/t32-,34-,35-,36-,37-,39-,40+,41-,42+,43+,45-,46+,47+,49-,53-/m1/s1. The molecule has 67 heavy (non-hydrogen) atoms. The number of ketones is 3. The van der Waals surface area contributed by atoms with Crippen molar-refractivity contribution in [2.24, 2.45) is 47.3 Å². The molecule has 1 saturated carbocycles. The predicted octanol–water partition coefficient (Wildman–Crippen LogP) is 8.98. The summed E-state index contributed by atoms with van der Waals surface area (Å²) in [6.45, 7) is 20.1. The van der Waals surface area contributed by atoms with Gasteiger partial charge in [-0.2, -0.15) is 0 Å². The number of ether oxygens (including phenoxy) is 3. The molecule has 14 heteroatoms. The molecule has 3 aliphatic heterocycles. The van der Waals surface area contributed by atoms with Gasteiger partial charge < -0.3 is 33.8 Å². The van der Waals surface area contributed by atoms with Gasteiger partial charge in [-0.15, -0.1) is 0 Å². The van der Waals surface area contributed by atoms with E-state index in [1.165, 1.54) is 4.90 Å². The van der Waals surface area contributed by atoms with Gasteiger partial charge in [0.25, 0.3) is 11.7 Å². The van der Waals surface area contributed by atoms with Crippen LogP contribution in [0.5, 0.6) is 0 Å². The normalized spacial score (nSPS) is 38.6. The van der Waals surface area contributed by atoms with Crippen LogP contribution in [-0.2, 0) is 47.3 Å². The van der Waals surface area contributed by atoms with E-state index in [1.54, 1.807) is 54.2 Å². The number of allylic oxidation sites excluding steroid dienone is 6. The van der Waals surface area contributed by atoms with E-state index in [2.05, 4.69) is 6.92 Å². The molecule has 0 aromatic carbocycles. The van der Waals surface area contributed by atoms with E-state index in [1.807, 2.05) is 58.1 Å². The summed E-state index contributed by atoms with van der Waals surface area (Å²) in [6.07, 6.45) is 14.3. The molecule has 0 aromatic rings. The van der Waals surface area contributed by atoms with Crippen LogP contribution in [0.1, 0.15) is 139 Å². The molecule has 2 saturated heterocycles. The molecular weight excluding hydrogens is 874 g/mol. The van der Waals surface area contributed by atoms with Crippen molar-refractivity contribution in [2.75, 3.05) is 27.0 Å². The van der Waals surface area contributed by atoms with Crippen LogP contribution < -0.4 is 0 Å². The zero-order valence-corrected chi connectivity index (χ0v) is 43.5. The summed E-state index contributed by atoms with van der Waals surface area (Å²) in [5.74, 6) is -7.83. The smallest absolute Gasteiger partial charge is 0.329 e. The third-order valence-corrected chi connectivity index (χ3v) is 15.8. The molecule has 13 nitrogen and oxygen atoms in total. The molecule has 0 spiro atoms. The second kappa shape index (κ2) is 25.2. The fraction of sp³-hybridized carbons (Fsp3) is 0.755. The first kappa shape index (κ1) is 56.5. The Morgan fingerprint density at radius 2 is 1.60 bits per heavy atom. The number of hydrogen-bond acceptors (Lipinski definition) is 12. The lowest BCUT2D eigenvalue weighted by Gasteiger charge is -2.42. The number of cyclic esters (lactones) is 1. The lowest BCUT2D eigenvalue weighted by molar-refractivity contribution is -0.265. The molecule has 4 aliphatic rings. The van der Waals surface area contributed by atoms with E-state index < -0.39 is 79.0 Å². The number of methoxy groups -OCH3 is 1. The Labute approximate surface area is 401 Å². The second-order valence-corrected chi connectivity index (χ2v) is 24.0. The van der Waals surface area contributed by atoms with Crippen LogP contribution >= 0.6 is 7.37 Å². The summed E-state index contributed by atoms with van der Waals surface area (Å²) >= 11 is 0.